The van der Waals surface area contributed by atoms with Crippen LogP contribution in [-0.4, -0.2) is 51.9 Å². The molecule has 1 N–H and O–H groups in total. The van der Waals surface area contributed by atoms with Crippen LogP contribution < -0.4 is 15.0 Å². The molecular formula is C19H22N6O3. The minimum absolute atomic E-state index is 0.0180. The van der Waals surface area contributed by atoms with Crippen LogP contribution in [0.2, 0.25) is 0 Å². The molecule has 9 nitrogen and oxygen atoms in total. The Balaban J connectivity index is 1.37. The van der Waals surface area contributed by atoms with E-state index in [1.54, 1.807) is 13.2 Å². The highest BCUT2D eigenvalue weighted by Gasteiger charge is 2.25. The lowest BCUT2D eigenvalue weighted by atomic mass is 10.1. The molecule has 1 saturated heterocycles. The number of alkyl carbamates (subject to hydrolysis) is 1. The van der Waals surface area contributed by atoms with E-state index in [9.17, 15) is 4.79 Å². The highest BCUT2D eigenvalue weighted by molar-refractivity contribution is 5.67. The van der Waals surface area contributed by atoms with Gasteiger partial charge in [0.2, 0.25) is 11.8 Å². The zero-order chi connectivity index (χ0) is 19.3. The fourth-order valence-corrected chi connectivity index (χ4v) is 3.30. The van der Waals surface area contributed by atoms with Gasteiger partial charge in [-0.2, -0.15) is 4.98 Å². The monoisotopic (exact) mass is 382 g/mol. The normalized spacial score (nSPS) is 16.8. The van der Waals surface area contributed by atoms with Crippen molar-refractivity contribution in [1.29, 1.82) is 0 Å². The lowest BCUT2D eigenvalue weighted by molar-refractivity contribution is 0.134. The number of piperidine rings is 1. The Bertz CT molecular complexity index is 945. The Hall–Kier alpha value is -3.36. The van der Waals surface area contributed by atoms with Gasteiger partial charge in [0, 0.05) is 31.4 Å². The second kappa shape index (κ2) is 8.12. The van der Waals surface area contributed by atoms with Crippen molar-refractivity contribution in [3.63, 3.8) is 0 Å². The van der Waals surface area contributed by atoms with E-state index in [0.717, 1.165) is 24.9 Å². The van der Waals surface area contributed by atoms with E-state index >= 15 is 0 Å². The zero-order valence-corrected chi connectivity index (χ0v) is 15.6. The summed E-state index contributed by atoms with van der Waals surface area (Å²) in [6, 6.07) is 11.4. The van der Waals surface area contributed by atoms with Crippen molar-refractivity contribution < 1.29 is 14.3 Å². The molecule has 0 saturated carbocycles. The summed E-state index contributed by atoms with van der Waals surface area (Å²) >= 11 is 0. The smallest absolute Gasteiger partial charge is 0.407 e. The molecule has 146 valence electrons. The molecule has 1 aliphatic rings. The van der Waals surface area contributed by atoms with Gasteiger partial charge in [-0.15, -0.1) is 10.2 Å². The van der Waals surface area contributed by atoms with Gasteiger partial charge >= 0.3 is 6.09 Å². The molecule has 1 amide bonds. The molecule has 4 rings (SSSR count). The van der Waals surface area contributed by atoms with Gasteiger partial charge in [-0.25, -0.2) is 4.79 Å². The first kappa shape index (κ1) is 18.0. The summed E-state index contributed by atoms with van der Waals surface area (Å²) in [7, 11) is 1.56. The molecule has 1 unspecified atom stereocenters. The molecule has 1 aromatic carbocycles. The zero-order valence-electron chi connectivity index (χ0n) is 15.6. The van der Waals surface area contributed by atoms with Crippen LogP contribution in [0.5, 0.6) is 5.88 Å². The molecular weight excluding hydrogens is 360 g/mol. The van der Waals surface area contributed by atoms with Crippen molar-refractivity contribution in [3.05, 3.63) is 48.2 Å². The number of hydrogen-bond donors (Lipinski definition) is 1. The highest BCUT2D eigenvalue weighted by Crippen LogP contribution is 2.20. The predicted octanol–water partition coefficient (Wildman–Crippen LogP) is 2.03. The molecule has 9 heteroatoms. The Morgan fingerprint density at radius 2 is 2.11 bits per heavy atom. The van der Waals surface area contributed by atoms with Crippen molar-refractivity contribution in [2.45, 2.75) is 25.5 Å². The van der Waals surface area contributed by atoms with E-state index in [1.165, 1.54) is 0 Å². The van der Waals surface area contributed by atoms with E-state index < -0.39 is 6.09 Å². The van der Waals surface area contributed by atoms with Crippen molar-refractivity contribution in [3.8, 4) is 5.88 Å². The van der Waals surface area contributed by atoms with Crippen molar-refractivity contribution in [2.24, 2.45) is 0 Å². The lowest BCUT2D eigenvalue weighted by Gasteiger charge is -2.32. The van der Waals surface area contributed by atoms with Crippen LogP contribution in [0.25, 0.3) is 5.78 Å². The summed E-state index contributed by atoms with van der Waals surface area (Å²) in [4.78, 5) is 18.5. The van der Waals surface area contributed by atoms with Crippen molar-refractivity contribution in [1.82, 2.24) is 24.9 Å². The van der Waals surface area contributed by atoms with Crippen LogP contribution in [0, 0.1) is 0 Å². The third-order valence-corrected chi connectivity index (χ3v) is 4.68. The number of nitrogens with one attached hydrogen (secondary N) is 1. The molecule has 2 aromatic heterocycles. The van der Waals surface area contributed by atoms with Crippen molar-refractivity contribution >= 4 is 17.8 Å². The van der Waals surface area contributed by atoms with Gasteiger partial charge in [0.15, 0.2) is 0 Å². The van der Waals surface area contributed by atoms with Crippen LogP contribution in [0.15, 0.2) is 42.6 Å². The number of amides is 1. The maximum Gasteiger partial charge on any atom is 0.407 e. The second-order valence-electron chi connectivity index (χ2n) is 6.63. The number of carbonyl (C=O) groups is 1. The molecule has 28 heavy (non-hydrogen) atoms. The quantitative estimate of drug-likeness (QED) is 0.721. The standard InChI is InChI=1S/C19H22N6O3/c1-27-16-9-11-25-17(21-16)22-23-18(25)24-10-5-8-15(12-24)20-19(26)28-13-14-6-3-2-4-7-14/h2-4,6-7,9,11,15H,5,8,10,12-13H2,1H3,(H,20,26). The maximum absolute atomic E-state index is 12.2. The van der Waals surface area contributed by atoms with Crippen LogP contribution in [-0.2, 0) is 11.3 Å². The van der Waals surface area contributed by atoms with Gasteiger partial charge in [0.1, 0.15) is 6.61 Å². The van der Waals surface area contributed by atoms with E-state index in [-0.39, 0.29) is 12.6 Å². The summed E-state index contributed by atoms with van der Waals surface area (Å²) in [5.41, 5.74) is 0.959. The Kier molecular flexibility index (Phi) is 5.22. The first-order chi connectivity index (χ1) is 13.7. The Labute approximate surface area is 162 Å². The highest BCUT2D eigenvalue weighted by atomic mass is 16.5. The average molecular weight is 382 g/mol. The number of methoxy groups -OCH3 is 1. The SMILES string of the molecule is COc1ccn2c(N3CCCC(NC(=O)OCc4ccccc4)C3)nnc2n1. The van der Waals surface area contributed by atoms with Gasteiger partial charge < -0.3 is 19.7 Å². The molecule has 0 radical (unpaired) electrons. The number of ether oxygens (including phenoxy) is 2. The summed E-state index contributed by atoms with van der Waals surface area (Å²) in [5.74, 6) is 1.67. The molecule has 1 fully saturated rings. The lowest BCUT2D eigenvalue weighted by Crippen LogP contribution is -2.48. The van der Waals surface area contributed by atoms with E-state index in [1.807, 2.05) is 40.9 Å². The molecule has 1 atom stereocenters. The second-order valence-corrected chi connectivity index (χ2v) is 6.63. The first-order valence-corrected chi connectivity index (χ1v) is 9.21. The minimum atomic E-state index is -0.409. The number of aromatic nitrogens is 4. The topological polar surface area (TPSA) is 93.9 Å². The molecule has 3 heterocycles. The number of hydrogen-bond acceptors (Lipinski definition) is 7. The number of nitrogens with zero attached hydrogens (tertiary/aromatic N) is 5. The largest absolute Gasteiger partial charge is 0.481 e. The van der Waals surface area contributed by atoms with Gasteiger partial charge in [0.05, 0.1) is 7.11 Å². The van der Waals surface area contributed by atoms with Gasteiger partial charge in [0.25, 0.3) is 5.78 Å². The maximum atomic E-state index is 12.2. The molecule has 1 aliphatic heterocycles. The minimum Gasteiger partial charge on any atom is -0.481 e. The van der Waals surface area contributed by atoms with E-state index in [4.69, 9.17) is 9.47 Å². The number of carbonyl (C=O) groups excluding carboxylic acids is 1. The molecule has 0 bridgehead atoms. The summed E-state index contributed by atoms with van der Waals surface area (Å²) in [6.45, 7) is 1.72. The summed E-state index contributed by atoms with van der Waals surface area (Å²) < 4.78 is 12.3. The average Bonchev–Trinajstić information content (AvgIpc) is 3.16. The summed E-state index contributed by atoms with van der Waals surface area (Å²) in [6.07, 6.45) is 3.25. The van der Waals surface area contributed by atoms with Gasteiger partial charge in [-0.05, 0) is 18.4 Å². The van der Waals surface area contributed by atoms with Crippen LogP contribution in [0.4, 0.5) is 10.7 Å². The van der Waals surface area contributed by atoms with Crippen molar-refractivity contribution in [2.75, 3.05) is 25.1 Å². The third-order valence-electron chi connectivity index (χ3n) is 4.68. The molecule has 0 spiro atoms. The van der Waals surface area contributed by atoms with Crippen LogP contribution in [0.3, 0.4) is 0 Å². The fourth-order valence-electron chi connectivity index (χ4n) is 3.30. The first-order valence-electron chi connectivity index (χ1n) is 9.21. The van der Waals surface area contributed by atoms with Crippen LogP contribution >= 0.6 is 0 Å². The fraction of sp³-hybridized carbons (Fsp3) is 0.368. The number of anilines is 1. The summed E-state index contributed by atoms with van der Waals surface area (Å²) in [5, 5.41) is 11.3. The third kappa shape index (κ3) is 3.98. The van der Waals surface area contributed by atoms with Gasteiger partial charge in [-0.1, -0.05) is 30.3 Å². The predicted molar refractivity (Wildman–Crippen MR) is 102 cm³/mol. The molecule has 0 aliphatic carbocycles. The van der Waals surface area contributed by atoms with E-state index in [0.29, 0.717) is 24.2 Å². The number of fused-ring (bicyclic) bond motifs is 1. The van der Waals surface area contributed by atoms with Crippen LogP contribution in [0.1, 0.15) is 18.4 Å². The van der Waals surface area contributed by atoms with Gasteiger partial charge in [-0.3, -0.25) is 4.40 Å². The Morgan fingerprint density at radius 1 is 1.25 bits per heavy atom. The number of benzene rings is 1. The number of rotatable bonds is 5. The molecule has 3 aromatic rings. The Morgan fingerprint density at radius 3 is 2.93 bits per heavy atom. The van der Waals surface area contributed by atoms with E-state index in [2.05, 4.69) is 25.4 Å².